The minimum Gasteiger partial charge on any atom is -0.489 e. The van der Waals surface area contributed by atoms with Gasteiger partial charge in [0, 0.05) is 23.9 Å². The normalized spacial score (nSPS) is 16.4. The van der Waals surface area contributed by atoms with E-state index in [9.17, 15) is 4.79 Å². The Balaban J connectivity index is 1.78. The molecule has 1 aromatic heterocycles. The van der Waals surface area contributed by atoms with Crippen LogP contribution in [0.25, 0.3) is 0 Å². The van der Waals surface area contributed by atoms with Gasteiger partial charge in [-0.2, -0.15) is 0 Å². The van der Waals surface area contributed by atoms with E-state index in [1.165, 1.54) is 5.56 Å². The van der Waals surface area contributed by atoms with E-state index < -0.39 is 0 Å². The molecule has 1 atom stereocenters. The number of ketones is 1. The number of nitrogens with one attached hydrogen (secondary N) is 1. The third-order valence-electron chi connectivity index (χ3n) is 3.46. The van der Waals surface area contributed by atoms with Gasteiger partial charge in [-0.3, -0.25) is 9.78 Å². The molecule has 1 aromatic carbocycles. The summed E-state index contributed by atoms with van der Waals surface area (Å²) >= 11 is 0. The number of benzene rings is 1. The molecule has 0 amide bonds. The largest absolute Gasteiger partial charge is 0.489 e. The van der Waals surface area contributed by atoms with E-state index >= 15 is 0 Å². The first-order chi connectivity index (χ1) is 10.1. The molecule has 0 spiro atoms. The number of Topliss-reactive ketones (excluding diaryl/α,β-unsaturated/α-hetero) is 1. The molecule has 21 heavy (non-hydrogen) atoms. The molecule has 1 unspecified atom stereocenters. The molecule has 108 valence electrons. The third kappa shape index (κ3) is 2.89. The molecule has 3 rings (SSSR count). The van der Waals surface area contributed by atoms with E-state index in [1.807, 2.05) is 38.1 Å². The fourth-order valence-electron chi connectivity index (χ4n) is 2.55. The molecule has 0 saturated carbocycles. The molecule has 4 heteroatoms. The fourth-order valence-corrected chi connectivity index (χ4v) is 2.55. The Morgan fingerprint density at radius 3 is 2.90 bits per heavy atom. The SMILES string of the molecule is CC(C)Oc1cncc(C(=O)C2Cc3ccccc3N2)c1. The molecule has 0 radical (unpaired) electrons. The first-order valence-corrected chi connectivity index (χ1v) is 7.14. The Bertz CT molecular complexity index is 642. The third-order valence-corrected chi connectivity index (χ3v) is 3.46. The molecule has 2 aromatic rings. The highest BCUT2D eigenvalue weighted by Gasteiger charge is 2.27. The summed E-state index contributed by atoms with van der Waals surface area (Å²) in [5.74, 6) is 0.680. The van der Waals surface area contributed by atoms with E-state index in [-0.39, 0.29) is 17.9 Å². The Morgan fingerprint density at radius 1 is 1.33 bits per heavy atom. The fraction of sp³-hybridized carbons (Fsp3) is 0.294. The van der Waals surface area contributed by atoms with Crippen molar-refractivity contribution in [3.63, 3.8) is 0 Å². The number of fused-ring (bicyclic) bond motifs is 1. The summed E-state index contributed by atoms with van der Waals surface area (Å²) in [6, 6.07) is 9.55. The minimum atomic E-state index is -0.224. The Morgan fingerprint density at radius 2 is 2.14 bits per heavy atom. The van der Waals surface area contributed by atoms with E-state index in [4.69, 9.17) is 4.74 Å². The molecule has 0 saturated heterocycles. The summed E-state index contributed by atoms with van der Waals surface area (Å²) in [6.45, 7) is 3.90. The second kappa shape index (κ2) is 5.56. The average molecular weight is 282 g/mol. The Labute approximate surface area is 124 Å². The molecule has 1 aliphatic rings. The summed E-state index contributed by atoms with van der Waals surface area (Å²) in [5.41, 5.74) is 2.80. The van der Waals surface area contributed by atoms with Crippen molar-refractivity contribution in [2.45, 2.75) is 32.4 Å². The number of nitrogens with zero attached hydrogens (tertiary/aromatic N) is 1. The predicted molar refractivity (Wildman–Crippen MR) is 81.9 cm³/mol. The lowest BCUT2D eigenvalue weighted by molar-refractivity contribution is 0.0970. The lowest BCUT2D eigenvalue weighted by Gasteiger charge is -2.12. The molecule has 1 N–H and O–H groups in total. The molecular weight excluding hydrogens is 264 g/mol. The van der Waals surface area contributed by atoms with E-state index in [0.29, 0.717) is 17.7 Å². The van der Waals surface area contributed by atoms with Crippen LogP contribution in [0.1, 0.15) is 29.8 Å². The van der Waals surface area contributed by atoms with Gasteiger partial charge < -0.3 is 10.1 Å². The second-order valence-corrected chi connectivity index (χ2v) is 5.50. The number of pyridine rings is 1. The maximum atomic E-state index is 12.6. The van der Waals surface area contributed by atoms with Crippen LogP contribution < -0.4 is 10.1 Å². The molecule has 0 bridgehead atoms. The van der Waals surface area contributed by atoms with Crippen LogP contribution in [-0.2, 0) is 6.42 Å². The number of hydrogen-bond acceptors (Lipinski definition) is 4. The quantitative estimate of drug-likeness (QED) is 0.876. The maximum absolute atomic E-state index is 12.6. The molecule has 1 aliphatic heterocycles. The zero-order valence-corrected chi connectivity index (χ0v) is 12.2. The van der Waals surface area contributed by atoms with Crippen molar-refractivity contribution >= 4 is 11.5 Å². The van der Waals surface area contributed by atoms with Gasteiger partial charge in [0.1, 0.15) is 5.75 Å². The summed E-state index contributed by atoms with van der Waals surface area (Å²) in [4.78, 5) is 16.7. The lowest BCUT2D eigenvalue weighted by Crippen LogP contribution is -2.27. The van der Waals surface area contributed by atoms with Crippen molar-refractivity contribution in [3.8, 4) is 5.75 Å². The van der Waals surface area contributed by atoms with Gasteiger partial charge in [-0.05, 0) is 31.5 Å². The van der Waals surface area contributed by atoms with E-state index in [1.54, 1.807) is 18.5 Å². The number of carbonyl (C=O) groups excluding carboxylic acids is 1. The van der Waals surface area contributed by atoms with Crippen LogP contribution in [0, 0.1) is 0 Å². The van der Waals surface area contributed by atoms with Crippen LogP contribution in [-0.4, -0.2) is 22.9 Å². The summed E-state index contributed by atoms with van der Waals surface area (Å²) in [6.07, 6.45) is 4.00. The predicted octanol–water partition coefficient (Wildman–Crippen LogP) is 3.09. The summed E-state index contributed by atoms with van der Waals surface area (Å²) < 4.78 is 5.59. The Hall–Kier alpha value is -2.36. The van der Waals surface area contributed by atoms with Crippen molar-refractivity contribution in [1.82, 2.24) is 4.98 Å². The number of rotatable bonds is 4. The van der Waals surface area contributed by atoms with Crippen LogP contribution in [0.15, 0.2) is 42.7 Å². The van der Waals surface area contributed by atoms with Crippen molar-refractivity contribution in [2.24, 2.45) is 0 Å². The van der Waals surface area contributed by atoms with Gasteiger partial charge in [0.2, 0.25) is 0 Å². The van der Waals surface area contributed by atoms with Crippen molar-refractivity contribution < 1.29 is 9.53 Å². The van der Waals surface area contributed by atoms with Gasteiger partial charge >= 0.3 is 0 Å². The smallest absolute Gasteiger partial charge is 0.187 e. The standard InChI is InChI=1S/C17H18N2O2/c1-11(2)21-14-7-13(9-18-10-14)17(20)16-8-12-5-3-4-6-15(12)19-16/h3-7,9-11,16,19H,8H2,1-2H3. The van der Waals surface area contributed by atoms with E-state index in [2.05, 4.69) is 10.3 Å². The highest BCUT2D eigenvalue weighted by molar-refractivity contribution is 6.02. The maximum Gasteiger partial charge on any atom is 0.187 e. The molecular formula is C17H18N2O2. The van der Waals surface area contributed by atoms with Gasteiger partial charge in [-0.1, -0.05) is 18.2 Å². The van der Waals surface area contributed by atoms with Gasteiger partial charge in [0.25, 0.3) is 0 Å². The molecule has 2 heterocycles. The van der Waals surface area contributed by atoms with Crippen LogP contribution in [0.3, 0.4) is 0 Å². The van der Waals surface area contributed by atoms with Crippen LogP contribution in [0.4, 0.5) is 5.69 Å². The Kier molecular flexibility index (Phi) is 3.60. The number of para-hydroxylation sites is 1. The van der Waals surface area contributed by atoms with E-state index in [0.717, 1.165) is 5.69 Å². The number of aromatic nitrogens is 1. The van der Waals surface area contributed by atoms with Crippen molar-refractivity contribution in [2.75, 3.05) is 5.32 Å². The van der Waals surface area contributed by atoms with Crippen LogP contribution in [0.2, 0.25) is 0 Å². The highest BCUT2D eigenvalue weighted by atomic mass is 16.5. The first-order valence-electron chi connectivity index (χ1n) is 7.14. The van der Waals surface area contributed by atoms with Gasteiger partial charge in [0.05, 0.1) is 18.3 Å². The van der Waals surface area contributed by atoms with Gasteiger partial charge in [-0.25, -0.2) is 0 Å². The average Bonchev–Trinajstić information content (AvgIpc) is 2.90. The van der Waals surface area contributed by atoms with Crippen molar-refractivity contribution in [3.05, 3.63) is 53.9 Å². The summed E-state index contributed by atoms with van der Waals surface area (Å²) in [7, 11) is 0. The minimum absolute atomic E-state index is 0.0490. The zero-order valence-electron chi connectivity index (χ0n) is 12.2. The molecule has 0 aliphatic carbocycles. The van der Waals surface area contributed by atoms with Crippen molar-refractivity contribution in [1.29, 1.82) is 0 Å². The highest BCUT2D eigenvalue weighted by Crippen LogP contribution is 2.27. The monoisotopic (exact) mass is 282 g/mol. The second-order valence-electron chi connectivity index (χ2n) is 5.50. The van der Waals surface area contributed by atoms with Crippen LogP contribution >= 0.6 is 0 Å². The lowest BCUT2D eigenvalue weighted by atomic mass is 10.0. The number of carbonyl (C=O) groups is 1. The van der Waals surface area contributed by atoms with Gasteiger partial charge in [-0.15, -0.1) is 0 Å². The number of anilines is 1. The zero-order chi connectivity index (χ0) is 14.8. The van der Waals surface area contributed by atoms with Crippen LogP contribution in [0.5, 0.6) is 5.75 Å². The number of hydrogen-bond donors (Lipinski definition) is 1. The molecule has 4 nitrogen and oxygen atoms in total. The number of ether oxygens (including phenoxy) is 1. The topological polar surface area (TPSA) is 51.2 Å². The summed E-state index contributed by atoms with van der Waals surface area (Å²) in [5, 5.41) is 3.27. The van der Waals surface area contributed by atoms with Gasteiger partial charge in [0.15, 0.2) is 5.78 Å². The molecule has 0 fully saturated rings. The first kappa shape index (κ1) is 13.6.